The van der Waals surface area contributed by atoms with Gasteiger partial charge in [-0.3, -0.25) is 4.90 Å². The Hall–Kier alpha value is -0.120. The molecule has 0 saturated carbocycles. The third-order valence-electron chi connectivity index (χ3n) is 4.05. The Kier molecular flexibility index (Phi) is 5.22. The van der Waals surface area contributed by atoms with Crippen molar-refractivity contribution in [1.29, 1.82) is 0 Å². The monoisotopic (exact) mass is 228 g/mol. The molecule has 16 heavy (non-hydrogen) atoms. The summed E-state index contributed by atoms with van der Waals surface area (Å²) in [4.78, 5) is 2.62. The first-order chi connectivity index (χ1) is 7.55. The van der Waals surface area contributed by atoms with Crippen molar-refractivity contribution in [2.24, 2.45) is 11.7 Å². The molecule has 2 N–H and O–H groups in total. The molecule has 0 amide bonds. The lowest BCUT2D eigenvalue weighted by Crippen LogP contribution is -2.55. The molecule has 1 heterocycles. The van der Waals surface area contributed by atoms with Crippen LogP contribution in [0.2, 0.25) is 0 Å². The summed E-state index contributed by atoms with van der Waals surface area (Å²) in [6.07, 6.45) is 3.66. The Labute approximate surface area is 100 Å². The predicted octanol–water partition coefficient (Wildman–Crippen LogP) is 1.86. The Morgan fingerprint density at radius 1 is 1.50 bits per heavy atom. The summed E-state index contributed by atoms with van der Waals surface area (Å²) >= 11 is 0. The number of nitrogens with zero attached hydrogens (tertiary/aromatic N) is 1. The first-order valence-corrected chi connectivity index (χ1v) is 6.51. The maximum atomic E-state index is 5.99. The second kappa shape index (κ2) is 5.99. The van der Waals surface area contributed by atoms with Gasteiger partial charge in [0.1, 0.15) is 0 Å². The molecule has 2 unspecified atom stereocenters. The van der Waals surface area contributed by atoms with Gasteiger partial charge in [0.15, 0.2) is 0 Å². The van der Waals surface area contributed by atoms with Crippen LogP contribution in [-0.4, -0.2) is 43.3 Å². The number of likely N-dealkylation sites (tertiary alicyclic amines) is 1. The first-order valence-electron chi connectivity index (χ1n) is 6.51. The highest BCUT2D eigenvalue weighted by molar-refractivity contribution is 4.95. The third kappa shape index (κ3) is 2.96. The molecule has 3 nitrogen and oxygen atoms in total. The summed E-state index contributed by atoms with van der Waals surface area (Å²) < 4.78 is 5.21. The fourth-order valence-corrected chi connectivity index (χ4v) is 2.84. The summed E-state index contributed by atoms with van der Waals surface area (Å²) in [7, 11) is 1.76. The number of hydrogen-bond acceptors (Lipinski definition) is 3. The Morgan fingerprint density at radius 3 is 2.69 bits per heavy atom. The quantitative estimate of drug-likeness (QED) is 0.754. The first kappa shape index (κ1) is 13.9. The van der Waals surface area contributed by atoms with Gasteiger partial charge in [-0.1, -0.05) is 13.8 Å². The fraction of sp³-hybridized carbons (Fsp3) is 1.00. The Morgan fingerprint density at radius 2 is 2.19 bits per heavy atom. The van der Waals surface area contributed by atoms with Gasteiger partial charge < -0.3 is 10.5 Å². The standard InChI is InChI=1S/C13H28N2O/c1-11(2)12-6-5-8-15(12)13(3,10-14)7-9-16-4/h11-12H,5-10,14H2,1-4H3. The van der Waals surface area contributed by atoms with Gasteiger partial charge in [-0.05, 0) is 38.6 Å². The van der Waals surface area contributed by atoms with E-state index in [4.69, 9.17) is 10.5 Å². The summed E-state index contributed by atoms with van der Waals surface area (Å²) in [6, 6.07) is 0.699. The highest BCUT2D eigenvalue weighted by atomic mass is 16.5. The van der Waals surface area contributed by atoms with Crippen molar-refractivity contribution in [3.63, 3.8) is 0 Å². The second-order valence-electron chi connectivity index (χ2n) is 5.59. The summed E-state index contributed by atoms with van der Waals surface area (Å²) in [6.45, 7) is 9.63. The lowest BCUT2D eigenvalue weighted by atomic mass is 9.92. The minimum absolute atomic E-state index is 0.113. The largest absolute Gasteiger partial charge is 0.385 e. The molecule has 0 aliphatic carbocycles. The van der Waals surface area contributed by atoms with Crippen molar-refractivity contribution in [1.82, 2.24) is 4.90 Å². The molecule has 0 aromatic carbocycles. The normalized spacial score (nSPS) is 26.2. The van der Waals surface area contributed by atoms with Crippen LogP contribution in [-0.2, 0) is 4.74 Å². The molecule has 1 fully saturated rings. The van der Waals surface area contributed by atoms with Gasteiger partial charge in [0, 0.05) is 31.8 Å². The molecule has 0 aromatic rings. The lowest BCUT2D eigenvalue weighted by Gasteiger charge is -2.43. The molecule has 1 saturated heterocycles. The van der Waals surface area contributed by atoms with E-state index in [1.807, 2.05) is 0 Å². The van der Waals surface area contributed by atoms with Gasteiger partial charge in [-0.2, -0.15) is 0 Å². The molecule has 3 heteroatoms. The van der Waals surface area contributed by atoms with E-state index < -0.39 is 0 Å². The molecule has 0 radical (unpaired) electrons. The molecule has 0 aromatic heterocycles. The van der Waals surface area contributed by atoms with E-state index in [0.29, 0.717) is 6.04 Å². The average molecular weight is 228 g/mol. The van der Waals surface area contributed by atoms with Gasteiger partial charge in [0.05, 0.1) is 0 Å². The van der Waals surface area contributed by atoms with Crippen molar-refractivity contribution in [2.45, 2.75) is 51.6 Å². The zero-order valence-corrected chi connectivity index (χ0v) is 11.3. The van der Waals surface area contributed by atoms with Crippen LogP contribution in [0.25, 0.3) is 0 Å². The highest BCUT2D eigenvalue weighted by Crippen LogP contribution is 2.32. The van der Waals surface area contributed by atoms with E-state index in [1.54, 1.807) is 7.11 Å². The number of nitrogens with two attached hydrogens (primary N) is 1. The zero-order chi connectivity index (χ0) is 12.2. The molecule has 1 aliphatic heterocycles. The smallest absolute Gasteiger partial charge is 0.0480 e. The van der Waals surface area contributed by atoms with Crippen molar-refractivity contribution in [2.75, 3.05) is 26.8 Å². The molecular weight excluding hydrogens is 200 g/mol. The van der Waals surface area contributed by atoms with Crippen LogP contribution in [0.3, 0.4) is 0 Å². The van der Waals surface area contributed by atoms with Gasteiger partial charge in [0.2, 0.25) is 0 Å². The SMILES string of the molecule is COCCC(C)(CN)N1CCCC1C(C)C. The number of methoxy groups -OCH3 is 1. The molecule has 0 spiro atoms. The van der Waals surface area contributed by atoms with Crippen LogP contribution in [0.15, 0.2) is 0 Å². The number of ether oxygens (including phenoxy) is 1. The van der Waals surface area contributed by atoms with E-state index in [-0.39, 0.29) is 5.54 Å². The van der Waals surface area contributed by atoms with E-state index in [2.05, 4.69) is 25.7 Å². The molecule has 96 valence electrons. The van der Waals surface area contributed by atoms with Crippen molar-refractivity contribution < 1.29 is 4.74 Å². The predicted molar refractivity (Wildman–Crippen MR) is 68.5 cm³/mol. The van der Waals surface area contributed by atoms with Gasteiger partial charge in [0.25, 0.3) is 0 Å². The van der Waals surface area contributed by atoms with E-state index in [9.17, 15) is 0 Å². The maximum absolute atomic E-state index is 5.99. The van der Waals surface area contributed by atoms with Crippen LogP contribution < -0.4 is 5.73 Å². The molecule has 0 bridgehead atoms. The van der Waals surface area contributed by atoms with Crippen LogP contribution >= 0.6 is 0 Å². The molecule has 1 aliphatic rings. The zero-order valence-electron chi connectivity index (χ0n) is 11.3. The third-order valence-corrected chi connectivity index (χ3v) is 4.05. The van der Waals surface area contributed by atoms with Gasteiger partial charge in [-0.25, -0.2) is 0 Å². The average Bonchev–Trinajstić information content (AvgIpc) is 2.75. The van der Waals surface area contributed by atoms with E-state index in [1.165, 1.54) is 19.4 Å². The Balaban J connectivity index is 2.69. The summed E-state index contributed by atoms with van der Waals surface area (Å²) in [5, 5.41) is 0. The van der Waals surface area contributed by atoms with Crippen LogP contribution in [0.4, 0.5) is 0 Å². The maximum Gasteiger partial charge on any atom is 0.0480 e. The van der Waals surface area contributed by atoms with Crippen LogP contribution in [0, 0.1) is 5.92 Å². The molecule has 1 rings (SSSR count). The van der Waals surface area contributed by atoms with E-state index >= 15 is 0 Å². The summed E-state index contributed by atoms with van der Waals surface area (Å²) in [5.41, 5.74) is 6.11. The van der Waals surface area contributed by atoms with E-state index in [0.717, 1.165) is 25.5 Å². The molecule has 2 atom stereocenters. The second-order valence-corrected chi connectivity index (χ2v) is 5.59. The van der Waals surface area contributed by atoms with Gasteiger partial charge >= 0.3 is 0 Å². The molecular formula is C13H28N2O. The fourth-order valence-electron chi connectivity index (χ4n) is 2.84. The van der Waals surface area contributed by atoms with Gasteiger partial charge in [-0.15, -0.1) is 0 Å². The topological polar surface area (TPSA) is 38.5 Å². The lowest BCUT2D eigenvalue weighted by molar-refractivity contribution is 0.0436. The van der Waals surface area contributed by atoms with Crippen molar-refractivity contribution >= 4 is 0 Å². The summed E-state index contributed by atoms with van der Waals surface area (Å²) in [5.74, 6) is 0.718. The van der Waals surface area contributed by atoms with Crippen LogP contribution in [0.5, 0.6) is 0 Å². The highest BCUT2D eigenvalue weighted by Gasteiger charge is 2.39. The minimum Gasteiger partial charge on any atom is -0.385 e. The van der Waals surface area contributed by atoms with Crippen LogP contribution in [0.1, 0.15) is 40.0 Å². The van der Waals surface area contributed by atoms with Crippen molar-refractivity contribution in [3.8, 4) is 0 Å². The Bertz CT molecular complexity index is 208. The number of rotatable bonds is 6. The van der Waals surface area contributed by atoms with Crippen molar-refractivity contribution in [3.05, 3.63) is 0 Å². The minimum atomic E-state index is 0.113. The number of hydrogen-bond donors (Lipinski definition) is 1.